The predicted octanol–water partition coefficient (Wildman–Crippen LogP) is 5.92. The number of benzene rings is 2. The summed E-state index contributed by atoms with van der Waals surface area (Å²) in [6.07, 6.45) is -4.95. The van der Waals surface area contributed by atoms with E-state index in [0.29, 0.717) is 11.1 Å². The number of aromatic nitrogens is 1. The van der Waals surface area contributed by atoms with E-state index in [0.717, 1.165) is 5.56 Å². The number of nitrogens with one attached hydrogen (secondary N) is 2. The SMILES string of the molecule is N#Cc1c(F)cccc1-c1ccc(CNc2nccc(Cl)c2NC(=O)CC(F)(F)F)cc1. The number of carbonyl (C=O) groups excluding carboxylic acids is 1. The van der Waals surface area contributed by atoms with Gasteiger partial charge in [-0.3, -0.25) is 4.79 Å². The van der Waals surface area contributed by atoms with E-state index in [4.69, 9.17) is 11.6 Å². The molecule has 1 aromatic heterocycles. The Balaban J connectivity index is 1.74. The molecule has 2 aromatic carbocycles. The molecule has 0 aliphatic carbocycles. The molecule has 0 aliphatic heterocycles. The van der Waals surface area contributed by atoms with Crippen LogP contribution in [-0.4, -0.2) is 17.1 Å². The summed E-state index contributed by atoms with van der Waals surface area (Å²) in [6, 6.07) is 14.5. The van der Waals surface area contributed by atoms with Crippen molar-refractivity contribution in [2.75, 3.05) is 10.6 Å². The Morgan fingerprint density at radius 1 is 1.12 bits per heavy atom. The van der Waals surface area contributed by atoms with Crippen LogP contribution in [0.1, 0.15) is 17.5 Å². The van der Waals surface area contributed by atoms with Crippen LogP contribution >= 0.6 is 11.6 Å². The number of halogens is 5. The van der Waals surface area contributed by atoms with E-state index < -0.39 is 24.3 Å². The molecular weight excluding hydrogens is 448 g/mol. The molecule has 0 saturated heterocycles. The highest BCUT2D eigenvalue weighted by molar-refractivity contribution is 6.34. The fourth-order valence-electron chi connectivity index (χ4n) is 2.92. The predicted molar refractivity (Wildman–Crippen MR) is 112 cm³/mol. The fourth-order valence-corrected chi connectivity index (χ4v) is 3.12. The molecule has 0 radical (unpaired) electrons. The van der Waals surface area contributed by atoms with Gasteiger partial charge in [0.15, 0.2) is 5.82 Å². The average molecular weight is 463 g/mol. The molecule has 1 heterocycles. The molecule has 164 valence electrons. The zero-order chi connectivity index (χ0) is 23.3. The van der Waals surface area contributed by atoms with Crippen molar-refractivity contribution in [2.24, 2.45) is 0 Å². The zero-order valence-electron chi connectivity index (χ0n) is 16.3. The third-order valence-electron chi connectivity index (χ3n) is 4.38. The Bertz CT molecular complexity index is 1170. The quantitative estimate of drug-likeness (QED) is 0.446. The molecule has 3 rings (SSSR count). The Hall–Kier alpha value is -3.64. The van der Waals surface area contributed by atoms with Crippen LogP contribution in [0.4, 0.5) is 29.1 Å². The van der Waals surface area contributed by atoms with E-state index in [2.05, 4.69) is 15.6 Å². The lowest BCUT2D eigenvalue weighted by Gasteiger charge is -2.14. The van der Waals surface area contributed by atoms with Crippen LogP contribution in [-0.2, 0) is 11.3 Å². The highest BCUT2D eigenvalue weighted by Gasteiger charge is 2.31. The Labute approximate surface area is 185 Å². The molecule has 0 saturated carbocycles. The van der Waals surface area contributed by atoms with Crippen LogP contribution < -0.4 is 10.6 Å². The average Bonchev–Trinajstić information content (AvgIpc) is 2.73. The van der Waals surface area contributed by atoms with Crippen LogP contribution in [0.25, 0.3) is 11.1 Å². The number of rotatable bonds is 6. The van der Waals surface area contributed by atoms with E-state index in [1.54, 1.807) is 30.3 Å². The monoisotopic (exact) mass is 462 g/mol. The van der Waals surface area contributed by atoms with Crippen molar-refractivity contribution in [3.63, 3.8) is 0 Å². The van der Waals surface area contributed by atoms with Crippen molar-refractivity contribution >= 4 is 29.0 Å². The molecular formula is C22H15ClF4N4O. The molecule has 5 nitrogen and oxygen atoms in total. The molecule has 0 aliphatic rings. The van der Waals surface area contributed by atoms with Crippen LogP contribution in [0.5, 0.6) is 0 Å². The first-order valence-electron chi connectivity index (χ1n) is 9.21. The molecule has 3 aromatic rings. The molecule has 0 unspecified atom stereocenters. The second kappa shape index (κ2) is 9.66. The van der Waals surface area contributed by atoms with Crippen molar-refractivity contribution in [1.29, 1.82) is 5.26 Å². The second-order valence-corrected chi connectivity index (χ2v) is 7.09. The van der Waals surface area contributed by atoms with Crippen molar-refractivity contribution < 1.29 is 22.4 Å². The normalized spacial score (nSPS) is 11.0. The first-order chi connectivity index (χ1) is 15.2. The van der Waals surface area contributed by atoms with E-state index in [-0.39, 0.29) is 28.6 Å². The number of alkyl halides is 3. The summed E-state index contributed by atoms with van der Waals surface area (Å²) in [6.45, 7) is 0.212. The number of nitrogens with zero attached hydrogens (tertiary/aromatic N) is 2. The number of amides is 1. The van der Waals surface area contributed by atoms with Crippen molar-refractivity contribution in [2.45, 2.75) is 19.1 Å². The maximum Gasteiger partial charge on any atom is 0.397 e. The first-order valence-corrected chi connectivity index (χ1v) is 9.58. The summed E-state index contributed by atoms with van der Waals surface area (Å²) in [5.74, 6) is -1.76. The maximum atomic E-state index is 13.8. The Morgan fingerprint density at radius 2 is 1.84 bits per heavy atom. The summed E-state index contributed by atoms with van der Waals surface area (Å²) >= 11 is 6.02. The summed E-state index contributed by atoms with van der Waals surface area (Å²) in [7, 11) is 0. The van der Waals surface area contributed by atoms with Gasteiger partial charge in [0.25, 0.3) is 0 Å². The summed E-state index contributed by atoms with van der Waals surface area (Å²) in [5, 5.41) is 14.3. The Morgan fingerprint density at radius 3 is 2.50 bits per heavy atom. The van der Waals surface area contributed by atoms with Gasteiger partial charge in [0.1, 0.15) is 24.0 Å². The number of hydrogen-bond donors (Lipinski definition) is 2. The van der Waals surface area contributed by atoms with Gasteiger partial charge in [0.2, 0.25) is 5.91 Å². The Kier molecular flexibility index (Phi) is 6.95. The highest BCUT2D eigenvalue weighted by atomic mass is 35.5. The summed E-state index contributed by atoms with van der Waals surface area (Å²) in [4.78, 5) is 15.7. The van der Waals surface area contributed by atoms with E-state index in [9.17, 15) is 27.6 Å². The smallest absolute Gasteiger partial charge is 0.364 e. The molecule has 0 atom stereocenters. The molecule has 0 fully saturated rings. The molecule has 0 bridgehead atoms. The second-order valence-electron chi connectivity index (χ2n) is 6.68. The van der Waals surface area contributed by atoms with Crippen molar-refractivity contribution in [1.82, 2.24) is 4.98 Å². The van der Waals surface area contributed by atoms with Gasteiger partial charge in [0.05, 0.1) is 10.6 Å². The van der Waals surface area contributed by atoms with Gasteiger partial charge in [-0.05, 0) is 23.3 Å². The van der Waals surface area contributed by atoms with Gasteiger partial charge in [0, 0.05) is 18.3 Å². The molecule has 1 amide bonds. The largest absolute Gasteiger partial charge is 0.397 e. The molecule has 32 heavy (non-hydrogen) atoms. The topological polar surface area (TPSA) is 77.8 Å². The lowest BCUT2D eigenvalue weighted by Crippen LogP contribution is -2.22. The van der Waals surface area contributed by atoms with E-state index in [1.165, 1.54) is 24.4 Å². The van der Waals surface area contributed by atoms with Gasteiger partial charge >= 0.3 is 6.18 Å². The van der Waals surface area contributed by atoms with Crippen LogP contribution in [0.3, 0.4) is 0 Å². The van der Waals surface area contributed by atoms with Crippen molar-refractivity contribution in [3.8, 4) is 17.2 Å². The van der Waals surface area contributed by atoms with Crippen LogP contribution in [0, 0.1) is 17.1 Å². The zero-order valence-corrected chi connectivity index (χ0v) is 17.1. The van der Waals surface area contributed by atoms with Crippen molar-refractivity contribution in [3.05, 3.63) is 76.7 Å². The highest BCUT2D eigenvalue weighted by Crippen LogP contribution is 2.30. The molecule has 10 heteroatoms. The minimum Gasteiger partial charge on any atom is -0.364 e. The first kappa shape index (κ1) is 23.0. The van der Waals surface area contributed by atoms with Crippen LogP contribution in [0.2, 0.25) is 5.02 Å². The minimum absolute atomic E-state index is 0.0310. The lowest BCUT2D eigenvalue weighted by atomic mass is 9.99. The summed E-state index contributed by atoms with van der Waals surface area (Å²) < 4.78 is 51.2. The molecule has 0 spiro atoms. The van der Waals surface area contributed by atoms with Gasteiger partial charge in [-0.1, -0.05) is 48.0 Å². The van der Waals surface area contributed by atoms with Gasteiger partial charge < -0.3 is 10.6 Å². The number of anilines is 2. The van der Waals surface area contributed by atoms with E-state index in [1.807, 2.05) is 6.07 Å². The van der Waals surface area contributed by atoms with Crippen LogP contribution in [0.15, 0.2) is 54.7 Å². The number of pyridine rings is 1. The third kappa shape index (κ3) is 5.74. The lowest BCUT2D eigenvalue weighted by molar-refractivity contribution is -0.150. The van der Waals surface area contributed by atoms with Gasteiger partial charge in [-0.15, -0.1) is 0 Å². The third-order valence-corrected chi connectivity index (χ3v) is 4.69. The van der Waals surface area contributed by atoms with Gasteiger partial charge in [-0.25, -0.2) is 9.37 Å². The number of hydrogen-bond acceptors (Lipinski definition) is 4. The van der Waals surface area contributed by atoms with Gasteiger partial charge in [-0.2, -0.15) is 18.4 Å². The number of carbonyl (C=O) groups is 1. The summed E-state index contributed by atoms with van der Waals surface area (Å²) in [5.41, 5.74) is 1.75. The molecule has 2 N–H and O–H groups in total. The maximum absolute atomic E-state index is 13.8. The fraction of sp³-hybridized carbons (Fsp3) is 0.136. The minimum atomic E-state index is -4.65. The standard InChI is InChI=1S/C22H15ClF4N4O/c23-17-8-9-29-21(20(17)31-19(32)10-22(25,26)27)30-12-13-4-6-14(7-5-13)15-2-1-3-18(24)16(15)11-28/h1-9H,10,12H2,(H,29,30)(H,31,32). The number of nitriles is 1. The van der Waals surface area contributed by atoms with E-state index >= 15 is 0 Å².